The third-order valence-electron chi connectivity index (χ3n) is 5.49. The molecule has 1 heterocycles. The molecule has 0 aromatic heterocycles. The number of carbonyl (C=O) groups is 2. The van der Waals surface area contributed by atoms with E-state index in [1.807, 2.05) is 6.92 Å². The van der Waals surface area contributed by atoms with Crippen LogP contribution in [-0.4, -0.2) is 56.0 Å². The molecule has 6 nitrogen and oxygen atoms in total. The number of nitrogens with zero attached hydrogens (tertiary/aromatic N) is 2. The van der Waals surface area contributed by atoms with Gasteiger partial charge in [-0.1, -0.05) is 24.6 Å². The molecule has 0 spiro atoms. The van der Waals surface area contributed by atoms with Gasteiger partial charge in [0.25, 0.3) is 5.91 Å². The molecule has 1 unspecified atom stereocenters. The molecular formula is C23H28ClFN4O2. The van der Waals surface area contributed by atoms with E-state index < -0.39 is 6.04 Å². The number of carbonyl (C=O) groups excluding carboxylic acids is 2. The van der Waals surface area contributed by atoms with Crippen molar-refractivity contribution in [2.75, 3.05) is 44.2 Å². The lowest BCUT2D eigenvalue weighted by Crippen LogP contribution is -2.46. The topological polar surface area (TPSA) is 64.7 Å². The van der Waals surface area contributed by atoms with Crippen LogP contribution in [-0.2, 0) is 4.79 Å². The summed E-state index contributed by atoms with van der Waals surface area (Å²) in [6, 6.07) is 10.8. The van der Waals surface area contributed by atoms with Crippen molar-refractivity contribution in [2.45, 2.75) is 19.9 Å². The zero-order chi connectivity index (χ0) is 22.4. The first kappa shape index (κ1) is 23.0. The van der Waals surface area contributed by atoms with Gasteiger partial charge >= 0.3 is 0 Å². The second kappa shape index (κ2) is 10.6. The lowest BCUT2D eigenvalue weighted by molar-refractivity contribution is -0.120. The van der Waals surface area contributed by atoms with E-state index in [-0.39, 0.29) is 24.2 Å². The van der Waals surface area contributed by atoms with E-state index in [0.717, 1.165) is 44.0 Å². The number of nitrogens with one attached hydrogen (secondary N) is 2. The summed E-state index contributed by atoms with van der Waals surface area (Å²) >= 11 is 5.90. The highest BCUT2D eigenvalue weighted by Gasteiger charge is 2.22. The SMILES string of the molecule is CCN1CCN(c2ccc(F)cc2C(C)NC(=O)CNC(=O)c2cccc(Cl)c2)CC1. The summed E-state index contributed by atoms with van der Waals surface area (Å²) < 4.78 is 14.0. The molecular weight excluding hydrogens is 419 g/mol. The van der Waals surface area contributed by atoms with Crippen molar-refractivity contribution in [3.05, 3.63) is 64.4 Å². The minimum atomic E-state index is -0.412. The highest BCUT2D eigenvalue weighted by molar-refractivity contribution is 6.30. The van der Waals surface area contributed by atoms with Gasteiger partial charge in [-0.25, -0.2) is 4.39 Å². The molecule has 0 aliphatic carbocycles. The maximum absolute atomic E-state index is 14.0. The maximum atomic E-state index is 14.0. The Kier molecular flexibility index (Phi) is 7.87. The normalized spacial score (nSPS) is 15.4. The predicted octanol–water partition coefficient (Wildman–Crippen LogP) is 3.23. The van der Waals surface area contributed by atoms with Crippen LogP contribution in [0.5, 0.6) is 0 Å². The summed E-state index contributed by atoms with van der Waals surface area (Å²) in [6.07, 6.45) is 0. The summed E-state index contributed by atoms with van der Waals surface area (Å²) in [4.78, 5) is 29.2. The summed E-state index contributed by atoms with van der Waals surface area (Å²) in [7, 11) is 0. The Morgan fingerprint density at radius 2 is 1.87 bits per heavy atom. The Balaban J connectivity index is 1.61. The van der Waals surface area contributed by atoms with Gasteiger partial charge in [0.2, 0.25) is 5.91 Å². The molecule has 0 radical (unpaired) electrons. The number of rotatable bonds is 7. The third-order valence-corrected chi connectivity index (χ3v) is 5.73. The van der Waals surface area contributed by atoms with Crippen molar-refractivity contribution in [2.24, 2.45) is 0 Å². The van der Waals surface area contributed by atoms with Crippen LogP contribution in [0.4, 0.5) is 10.1 Å². The summed E-state index contributed by atoms with van der Waals surface area (Å²) in [5.74, 6) is -1.08. The van der Waals surface area contributed by atoms with Crippen LogP contribution >= 0.6 is 11.6 Å². The van der Waals surface area contributed by atoms with Crippen molar-refractivity contribution in [3.8, 4) is 0 Å². The van der Waals surface area contributed by atoms with E-state index >= 15 is 0 Å². The molecule has 31 heavy (non-hydrogen) atoms. The average Bonchev–Trinajstić information content (AvgIpc) is 2.77. The fourth-order valence-corrected chi connectivity index (χ4v) is 3.92. The minimum absolute atomic E-state index is 0.185. The van der Waals surface area contributed by atoms with Gasteiger partial charge < -0.3 is 20.4 Å². The van der Waals surface area contributed by atoms with Crippen molar-refractivity contribution in [1.29, 1.82) is 0 Å². The van der Waals surface area contributed by atoms with Crippen LogP contribution in [0.25, 0.3) is 0 Å². The summed E-state index contributed by atoms with van der Waals surface area (Å²) in [6.45, 7) is 8.38. The Morgan fingerprint density at radius 1 is 1.13 bits per heavy atom. The Bertz CT molecular complexity index is 932. The molecule has 1 saturated heterocycles. The van der Waals surface area contributed by atoms with Crippen molar-refractivity contribution >= 4 is 29.1 Å². The van der Waals surface area contributed by atoms with Crippen LogP contribution in [0.3, 0.4) is 0 Å². The highest BCUT2D eigenvalue weighted by atomic mass is 35.5. The Labute approximate surface area is 187 Å². The fourth-order valence-electron chi connectivity index (χ4n) is 3.73. The molecule has 0 saturated carbocycles. The first-order valence-electron chi connectivity index (χ1n) is 10.5. The van der Waals surface area contributed by atoms with Gasteiger partial charge in [-0.15, -0.1) is 0 Å². The smallest absolute Gasteiger partial charge is 0.251 e. The molecule has 2 amide bonds. The van der Waals surface area contributed by atoms with E-state index in [9.17, 15) is 14.0 Å². The van der Waals surface area contributed by atoms with Gasteiger partial charge in [0.05, 0.1) is 12.6 Å². The Morgan fingerprint density at radius 3 is 2.55 bits per heavy atom. The zero-order valence-electron chi connectivity index (χ0n) is 17.8. The molecule has 166 valence electrons. The molecule has 1 aliphatic rings. The van der Waals surface area contributed by atoms with Gasteiger partial charge in [0.15, 0.2) is 0 Å². The highest BCUT2D eigenvalue weighted by Crippen LogP contribution is 2.28. The molecule has 8 heteroatoms. The number of anilines is 1. The summed E-state index contributed by atoms with van der Waals surface area (Å²) in [5, 5.41) is 5.89. The van der Waals surface area contributed by atoms with Gasteiger partial charge in [-0.2, -0.15) is 0 Å². The first-order valence-corrected chi connectivity index (χ1v) is 10.8. The average molecular weight is 447 g/mol. The van der Waals surface area contributed by atoms with Crippen LogP contribution in [0.2, 0.25) is 5.02 Å². The van der Waals surface area contributed by atoms with E-state index in [0.29, 0.717) is 10.6 Å². The number of benzene rings is 2. The van der Waals surface area contributed by atoms with E-state index in [2.05, 4.69) is 27.4 Å². The molecule has 1 atom stereocenters. The fraction of sp³-hybridized carbons (Fsp3) is 0.391. The molecule has 1 fully saturated rings. The largest absolute Gasteiger partial charge is 0.369 e. The monoisotopic (exact) mass is 446 g/mol. The molecule has 0 bridgehead atoms. The zero-order valence-corrected chi connectivity index (χ0v) is 18.6. The van der Waals surface area contributed by atoms with E-state index in [1.165, 1.54) is 18.2 Å². The van der Waals surface area contributed by atoms with Crippen LogP contribution in [0.1, 0.15) is 35.8 Å². The standard InChI is InChI=1S/C23H28ClFN4O2/c1-3-28-9-11-29(12-10-28)21-8-7-19(25)14-20(21)16(2)27-22(30)15-26-23(31)17-5-4-6-18(24)13-17/h4-8,13-14,16H,3,9-12,15H2,1-2H3,(H,26,31)(H,27,30). The number of hydrogen-bond donors (Lipinski definition) is 2. The van der Waals surface area contributed by atoms with Crippen molar-refractivity contribution in [3.63, 3.8) is 0 Å². The second-order valence-corrected chi connectivity index (χ2v) is 8.04. The van der Waals surface area contributed by atoms with Crippen molar-refractivity contribution in [1.82, 2.24) is 15.5 Å². The molecule has 2 aromatic carbocycles. The maximum Gasteiger partial charge on any atom is 0.251 e. The van der Waals surface area contributed by atoms with Crippen molar-refractivity contribution < 1.29 is 14.0 Å². The van der Waals surface area contributed by atoms with Gasteiger partial charge in [0.1, 0.15) is 5.82 Å². The van der Waals surface area contributed by atoms with E-state index in [4.69, 9.17) is 11.6 Å². The molecule has 2 N–H and O–H groups in total. The Hall–Kier alpha value is -2.64. The lowest BCUT2D eigenvalue weighted by atomic mass is 10.0. The molecule has 3 rings (SSSR count). The van der Waals surface area contributed by atoms with Crippen LogP contribution in [0, 0.1) is 5.82 Å². The van der Waals surface area contributed by atoms with Gasteiger partial charge in [0, 0.05) is 48.0 Å². The second-order valence-electron chi connectivity index (χ2n) is 7.61. The quantitative estimate of drug-likeness (QED) is 0.685. The van der Waals surface area contributed by atoms with Crippen LogP contribution < -0.4 is 15.5 Å². The molecule has 1 aliphatic heterocycles. The lowest BCUT2D eigenvalue weighted by Gasteiger charge is -2.37. The first-order chi connectivity index (χ1) is 14.9. The number of piperazine rings is 1. The number of likely N-dealkylation sites (N-methyl/N-ethyl adjacent to an activating group) is 1. The molecule has 2 aromatic rings. The minimum Gasteiger partial charge on any atom is -0.369 e. The predicted molar refractivity (Wildman–Crippen MR) is 121 cm³/mol. The van der Waals surface area contributed by atoms with Gasteiger partial charge in [-0.3, -0.25) is 9.59 Å². The van der Waals surface area contributed by atoms with Gasteiger partial charge in [-0.05, 0) is 49.9 Å². The third kappa shape index (κ3) is 6.18. The number of amides is 2. The van der Waals surface area contributed by atoms with E-state index in [1.54, 1.807) is 24.3 Å². The summed E-state index contributed by atoms with van der Waals surface area (Å²) in [5.41, 5.74) is 2.03. The number of hydrogen-bond acceptors (Lipinski definition) is 4. The number of halogens is 2. The van der Waals surface area contributed by atoms with Crippen LogP contribution in [0.15, 0.2) is 42.5 Å².